The summed E-state index contributed by atoms with van der Waals surface area (Å²) >= 11 is 0. The molecule has 0 aromatic heterocycles. The Morgan fingerprint density at radius 1 is 1.01 bits per heavy atom. The Morgan fingerprint density at radius 3 is 2.37 bits per heavy atom. The van der Waals surface area contributed by atoms with Crippen LogP contribution < -0.4 is 20.4 Å². The number of ether oxygens (including phenoxy) is 4. The third-order valence-corrected chi connectivity index (χ3v) is 13.5. The summed E-state index contributed by atoms with van der Waals surface area (Å²) in [7, 11) is 1.50. The van der Waals surface area contributed by atoms with E-state index in [4.69, 9.17) is 28.3 Å². The number of carbonyl (C=O) groups is 3. The number of methoxy groups -OCH3 is 1. The monoisotopic (exact) mass is 924 g/mol. The number of amides is 1. The molecule has 5 aliphatic rings. The number of phenolic OH excluding ortho intramolecular Hbond substituents is 2. The minimum atomic E-state index is -2.04. The Balaban J connectivity index is 1.42. The molecule has 1 saturated heterocycles. The summed E-state index contributed by atoms with van der Waals surface area (Å²) in [5, 5.41) is 37.2. The van der Waals surface area contributed by atoms with Crippen LogP contribution in [0.5, 0.6) is 17.2 Å². The van der Waals surface area contributed by atoms with E-state index in [0.29, 0.717) is 31.1 Å². The van der Waals surface area contributed by atoms with Crippen LogP contribution in [0, 0.1) is 36.5 Å². The fraction of sp³-hybridized carbons (Fsp3) is 0.510. The first-order chi connectivity index (χ1) is 31.6. The molecule has 1 amide bonds. The van der Waals surface area contributed by atoms with Gasteiger partial charge in [-0.3, -0.25) is 24.1 Å². The highest BCUT2D eigenvalue weighted by atomic mass is 16.7. The average Bonchev–Trinajstić information content (AvgIpc) is 3.54. The molecule has 4 N–H and O–H groups in total. The normalized spacial score (nSPS) is 28.6. The number of nitrogens with zero attached hydrogens (tertiary/aromatic N) is 3. The van der Waals surface area contributed by atoms with Crippen LogP contribution in [0.4, 0.5) is 11.4 Å². The lowest BCUT2D eigenvalue weighted by molar-refractivity contribution is -0.155. The van der Waals surface area contributed by atoms with Crippen molar-refractivity contribution in [2.75, 3.05) is 50.1 Å². The molecule has 0 saturated carbocycles. The van der Waals surface area contributed by atoms with Crippen LogP contribution in [-0.4, -0.2) is 107 Å². The number of allylic oxidation sites excluding steroid dienone is 2. The number of esters is 1. The van der Waals surface area contributed by atoms with Crippen LogP contribution in [0.25, 0.3) is 33.3 Å². The van der Waals surface area contributed by atoms with Crippen molar-refractivity contribution in [2.24, 2.45) is 29.6 Å². The molecule has 16 nitrogen and oxygen atoms in total. The minimum absolute atomic E-state index is 0.00939. The molecule has 8 atom stereocenters. The summed E-state index contributed by atoms with van der Waals surface area (Å²) in [5.74, 6) is -5.67. The van der Waals surface area contributed by atoms with Gasteiger partial charge >= 0.3 is 11.8 Å². The van der Waals surface area contributed by atoms with Crippen LogP contribution >= 0.6 is 0 Å². The van der Waals surface area contributed by atoms with Crippen LogP contribution in [0.1, 0.15) is 84.7 Å². The zero-order valence-electron chi connectivity index (χ0n) is 40.3. The van der Waals surface area contributed by atoms with E-state index in [9.17, 15) is 34.5 Å². The topological polar surface area (TPSA) is 210 Å². The number of aliphatic hydroxyl groups excluding tert-OH is 1. The van der Waals surface area contributed by atoms with Crippen molar-refractivity contribution in [1.82, 2.24) is 9.88 Å². The number of aromatic nitrogens is 1. The lowest BCUT2D eigenvalue weighted by Crippen LogP contribution is -2.47. The summed E-state index contributed by atoms with van der Waals surface area (Å²) in [6.07, 6.45) is 6.18. The maximum Gasteiger partial charge on any atom is 0.312 e. The van der Waals surface area contributed by atoms with Gasteiger partial charge in [-0.1, -0.05) is 59.8 Å². The summed E-state index contributed by atoms with van der Waals surface area (Å²) in [4.78, 5) is 65.5. The Hall–Kier alpha value is -5.97. The van der Waals surface area contributed by atoms with E-state index in [1.807, 2.05) is 27.7 Å². The number of aliphatic hydroxyl groups is 1. The van der Waals surface area contributed by atoms with E-state index in [1.165, 1.54) is 34.1 Å². The van der Waals surface area contributed by atoms with Crippen LogP contribution in [0.3, 0.4) is 0 Å². The maximum absolute atomic E-state index is 14.9. The largest absolute Gasteiger partial charge is 0.507 e. The SMILES string of the molecule is CO[C@H]1/C=C/O[C@@]2(C)Oc3c(C)c(O)c4c(=O)c(c5oc6cc(N7CCN(CC(C)C)CC7)cc(O)c6nc-5c4c3C2=O)NC(=O)/C(C)=C\C=C\[C@H](C)[C@H](O)[C@@H](C)C[C@@H](C)[C@H](OC(C)=O)[C@@H]1C. The fourth-order valence-electron chi connectivity index (χ4n) is 9.84. The Labute approximate surface area is 390 Å². The molecule has 0 radical (unpaired) electrons. The number of hydrogen-bond donors (Lipinski definition) is 4. The number of anilines is 2. The molecule has 16 heteroatoms. The number of benzene rings is 3. The Morgan fingerprint density at radius 2 is 1.72 bits per heavy atom. The number of ketones is 1. The van der Waals surface area contributed by atoms with E-state index >= 15 is 0 Å². The molecule has 7 rings (SSSR count). The van der Waals surface area contributed by atoms with E-state index in [2.05, 4.69) is 29.0 Å². The van der Waals surface area contributed by atoms with E-state index in [0.717, 1.165) is 19.6 Å². The zero-order chi connectivity index (χ0) is 48.8. The highest BCUT2D eigenvalue weighted by molar-refractivity contribution is 6.22. The van der Waals surface area contributed by atoms with Gasteiger partial charge in [-0.25, -0.2) is 4.98 Å². The number of hydrogen-bond acceptors (Lipinski definition) is 15. The van der Waals surface area contributed by atoms with Crippen molar-refractivity contribution in [3.05, 3.63) is 69.6 Å². The van der Waals surface area contributed by atoms with Gasteiger partial charge in [0.1, 0.15) is 40.3 Å². The lowest BCUT2D eigenvalue weighted by atomic mass is 9.80. The van der Waals surface area contributed by atoms with Gasteiger partial charge in [0.05, 0.1) is 29.4 Å². The van der Waals surface area contributed by atoms with Gasteiger partial charge in [-0.15, -0.1) is 0 Å². The predicted octanol–water partition coefficient (Wildman–Crippen LogP) is 7.46. The van der Waals surface area contributed by atoms with E-state index in [-0.39, 0.29) is 85.0 Å². The molecular formula is C51H64N4O12. The van der Waals surface area contributed by atoms with Crippen molar-refractivity contribution in [2.45, 2.75) is 99.8 Å². The summed E-state index contributed by atoms with van der Waals surface area (Å²) < 4.78 is 30.6. The van der Waals surface area contributed by atoms with Crippen molar-refractivity contribution in [3.63, 3.8) is 0 Å². The number of aromatic hydroxyl groups is 2. The quantitative estimate of drug-likeness (QED) is 0.0870. The summed E-state index contributed by atoms with van der Waals surface area (Å²) in [6, 6.07) is 3.31. The summed E-state index contributed by atoms with van der Waals surface area (Å²) in [6.45, 7) is 21.7. The molecule has 360 valence electrons. The third kappa shape index (κ3) is 9.48. The van der Waals surface area contributed by atoms with Gasteiger partial charge in [0.25, 0.3) is 11.7 Å². The second-order valence-electron chi connectivity index (χ2n) is 19.2. The Kier molecular flexibility index (Phi) is 14.1. The number of piperazine rings is 1. The number of phenols is 2. The molecular weight excluding hydrogens is 861 g/mol. The molecule has 4 aliphatic heterocycles. The Bertz CT molecular complexity index is 2700. The van der Waals surface area contributed by atoms with Gasteiger partial charge < -0.3 is 48.9 Å². The van der Waals surface area contributed by atoms with Gasteiger partial charge in [-0.2, -0.15) is 0 Å². The van der Waals surface area contributed by atoms with Gasteiger partial charge in [0.2, 0.25) is 5.43 Å². The van der Waals surface area contributed by atoms with Crippen molar-refractivity contribution in [1.29, 1.82) is 0 Å². The van der Waals surface area contributed by atoms with Crippen LogP contribution in [-0.2, 0) is 23.8 Å². The van der Waals surface area contributed by atoms with Crippen molar-refractivity contribution < 1.29 is 53.1 Å². The summed E-state index contributed by atoms with van der Waals surface area (Å²) in [5.41, 5.74) is -0.416. The molecule has 0 unspecified atom stereocenters. The first kappa shape index (κ1) is 48.9. The minimum Gasteiger partial charge on any atom is -0.507 e. The van der Waals surface area contributed by atoms with Gasteiger partial charge in [-0.05, 0) is 44.1 Å². The number of rotatable bonds is 5. The molecule has 4 bridgehead atoms. The smallest absolute Gasteiger partial charge is 0.312 e. The maximum atomic E-state index is 14.9. The number of nitrogens with one attached hydrogen (secondary N) is 1. The highest BCUT2D eigenvalue weighted by Crippen LogP contribution is 2.51. The van der Waals surface area contributed by atoms with Crippen molar-refractivity contribution >= 4 is 50.9 Å². The molecule has 2 aromatic rings. The molecule has 1 aliphatic carbocycles. The van der Waals surface area contributed by atoms with Crippen molar-refractivity contribution in [3.8, 4) is 28.7 Å². The molecule has 1 fully saturated rings. The first-order valence-corrected chi connectivity index (χ1v) is 23.1. The lowest BCUT2D eigenvalue weighted by Gasteiger charge is -2.36. The second kappa shape index (κ2) is 19.3. The van der Waals surface area contributed by atoms with Gasteiger partial charge in [0.15, 0.2) is 11.3 Å². The second-order valence-corrected chi connectivity index (χ2v) is 19.2. The van der Waals surface area contributed by atoms with Crippen LogP contribution in [0.15, 0.2) is 57.5 Å². The first-order valence-electron chi connectivity index (χ1n) is 23.1. The fourth-order valence-corrected chi connectivity index (χ4v) is 9.84. The third-order valence-electron chi connectivity index (χ3n) is 13.5. The number of fused-ring (bicyclic) bond motifs is 2. The van der Waals surface area contributed by atoms with E-state index < -0.39 is 58.9 Å². The predicted molar refractivity (Wildman–Crippen MR) is 255 cm³/mol. The van der Waals surface area contributed by atoms with Gasteiger partial charge in [0, 0.05) is 99.9 Å². The average molecular weight is 925 g/mol. The van der Waals surface area contributed by atoms with Crippen LogP contribution in [0.2, 0.25) is 0 Å². The standard InChI is InChI=1S/C51H64N4O12/c1-25(2)24-54-16-18-55(19-17-54)33-22-34(57)40-36(23-33)66-48-41(52-40)37-38-44(59)31(8)47-39(37)49(61)51(10,67-47)64-20-15-35(63-11)30(7)46(65-32(9)56)29(6)21-28(5)43(58)26(3)13-12-14-27(4)50(62)53-42(48)45(38)60/h12-15,20,22-23,25-26,28-30,35,43,46,57-59H,16-19,21,24H2,1-11H3,(H,53,62)/b13-12+,20-15+,27-14-/t26-,28-,29+,30+,35-,43-,46-,51-/m0/s1. The number of carbonyl (C=O) groups excluding carboxylic acids is 3. The highest BCUT2D eigenvalue weighted by Gasteiger charge is 2.50. The molecule has 2 aromatic carbocycles. The molecule has 67 heavy (non-hydrogen) atoms. The number of Topliss-reactive ketones (excluding diaryl/α,β-unsaturated/α-hetero) is 1. The van der Waals surface area contributed by atoms with E-state index in [1.54, 1.807) is 43.4 Å². The molecule has 4 heterocycles. The molecule has 0 spiro atoms. The zero-order valence-corrected chi connectivity index (χ0v) is 40.3.